The van der Waals surface area contributed by atoms with Crippen LogP contribution in [0, 0.1) is 5.92 Å². The van der Waals surface area contributed by atoms with Gasteiger partial charge in [-0.05, 0) is 47.1 Å². The summed E-state index contributed by atoms with van der Waals surface area (Å²) >= 11 is 0. The van der Waals surface area contributed by atoms with Gasteiger partial charge in [0.2, 0.25) is 5.91 Å². The highest BCUT2D eigenvalue weighted by atomic mass is 19.4. The Labute approximate surface area is 112 Å². The Morgan fingerprint density at radius 2 is 1.89 bits per heavy atom. The van der Waals surface area contributed by atoms with Gasteiger partial charge in [0.15, 0.2) is 0 Å². The van der Waals surface area contributed by atoms with E-state index < -0.39 is 18.1 Å². The van der Waals surface area contributed by atoms with Gasteiger partial charge in [-0.1, -0.05) is 0 Å². The topological polar surface area (TPSA) is 32.3 Å². The second-order valence-corrected chi connectivity index (χ2v) is 6.29. The Morgan fingerprint density at radius 1 is 1.32 bits per heavy atom. The molecule has 0 bridgehead atoms. The van der Waals surface area contributed by atoms with Crippen molar-refractivity contribution in [3.05, 3.63) is 0 Å². The van der Waals surface area contributed by atoms with E-state index in [1.807, 2.05) is 20.8 Å². The van der Waals surface area contributed by atoms with Gasteiger partial charge >= 0.3 is 6.18 Å². The molecule has 1 aliphatic heterocycles. The lowest BCUT2D eigenvalue weighted by Crippen LogP contribution is -2.54. The van der Waals surface area contributed by atoms with Gasteiger partial charge in [0, 0.05) is 12.1 Å². The van der Waals surface area contributed by atoms with E-state index in [4.69, 9.17) is 0 Å². The average Bonchev–Trinajstić information content (AvgIpc) is 2.24. The minimum atomic E-state index is -4.17. The summed E-state index contributed by atoms with van der Waals surface area (Å²) in [5, 5.41) is 2.81. The van der Waals surface area contributed by atoms with E-state index in [1.165, 1.54) is 0 Å². The van der Waals surface area contributed by atoms with Gasteiger partial charge in [-0.2, -0.15) is 13.2 Å². The number of likely N-dealkylation sites (tertiary alicyclic amines) is 1. The summed E-state index contributed by atoms with van der Waals surface area (Å²) in [5.41, 5.74) is -0.370. The normalized spacial score (nSPS) is 24.1. The van der Waals surface area contributed by atoms with Gasteiger partial charge in [-0.3, -0.25) is 9.69 Å². The fraction of sp³-hybridized carbons (Fsp3) is 0.923. The molecule has 0 aliphatic carbocycles. The molecule has 0 aromatic heterocycles. The van der Waals surface area contributed by atoms with Crippen LogP contribution in [-0.4, -0.2) is 41.7 Å². The van der Waals surface area contributed by atoms with Crippen molar-refractivity contribution in [1.82, 2.24) is 10.2 Å². The molecule has 1 N–H and O–H groups in total. The third-order valence-corrected chi connectivity index (χ3v) is 3.34. The number of carbonyl (C=O) groups is 1. The number of hydrogen-bond acceptors (Lipinski definition) is 2. The molecule has 0 radical (unpaired) electrons. The van der Waals surface area contributed by atoms with Crippen molar-refractivity contribution in [2.75, 3.05) is 13.1 Å². The van der Waals surface area contributed by atoms with Crippen molar-refractivity contribution in [3.8, 4) is 0 Å². The Hall–Kier alpha value is -0.780. The molecule has 0 saturated carbocycles. The Balaban J connectivity index is 2.62. The minimum absolute atomic E-state index is 0.0811. The minimum Gasteiger partial charge on any atom is -0.350 e. The molecule has 1 fully saturated rings. The highest BCUT2D eigenvalue weighted by Crippen LogP contribution is 2.33. The first-order chi connectivity index (χ1) is 8.50. The molecular weight excluding hydrogens is 257 g/mol. The van der Waals surface area contributed by atoms with Crippen LogP contribution in [0.4, 0.5) is 13.2 Å². The maximum atomic E-state index is 12.7. The number of hydrogen-bond donors (Lipinski definition) is 1. The quantitative estimate of drug-likeness (QED) is 0.843. The van der Waals surface area contributed by atoms with Gasteiger partial charge in [-0.25, -0.2) is 0 Å². The second kappa shape index (κ2) is 5.69. The first kappa shape index (κ1) is 16.3. The van der Waals surface area contributed by atoms with Crippen LogP contribution in [0.15, 0.2) is 0 Å². The molecule has 2 unspecified atom stereocenters. The van der Waals surface area contributed by atoms with Crippen LogP contribution in [0.3, 0.4) is 0 Å². The van der Waals surface area contributed by atoms with Gasteiger partial charge in [-0.15, -0.1) is 0 Å². The van der Waals surface area contributed by atoms with E-state index in [2.05, 4.69) is 5.32 Å². The van der Waals surface area contributed by atoms with E-state index in [9.17, 15) is 18.0 Å². The highest BCUT2D eigenvalue weighted by molar-refractivity contribution is 5.81. The first-order valence-corrected chi connectivity index (χ1v) is 6.63. The number of piperidine rings is 1. The smallest absolute Gasteiger partial charge is 0.350 e. The zero-order valence-corrected chi connectivity index (χ0v) is 12.0. The standard InChI is InChI=1S/C13H23F3N2O/c1-9(11(19)17-12(2,3)4)18-7-5-6-10(8-18)13(14,15)16/h9-10H,5-8H2,1-4H3,(H,17,19). The summed E-state index contributed by atoms with van der Waals surface area (Å²) in [5.74, 6) is -1.53. The summed E-state index contributed by atoms with van der Waals surface area (Å²) in [6, 6.07) is -0.524. The highest BCUT2D eigenvalue weighted by Gasteiger charge is 2.43. The fourth-order valence-electron chi connectivity index (χ4n) is 2.27. The molecule has 1 saturated heterocycles. The predicted molar refractivity (Wildman–Crippen MR) is 67.7 cm³/mol. The number of alkyl halides is 3. The third kappa shape index (κ3) is 5.01. The summed E-state index contributed by atoms with van der Waals surface area (Å²) in [4.78, 5) is 13.6. The van der Waals surface area contributed by atoms with Crippen molar-refractivity contribution in [2.45, 2.75) is 58.3 Å². The molecular formula is C13H23F3N2O. The van der Waals surface area contributed by atoms with Crippen LogP contribution in [0.2, 0.25) is 0 Å². The molecule has 19 heavy (non-hydrogen) atoms. The number of halogens is 3. The number of carbonyl (C=O) groups excluding carboxylic acids is 1. The molecule has 6 heteroatoms. The molecule has 0 aromatic rings. The Kier molecular flexibility index (Phi) is 4.87. The number of nitrogens with one attached hydrogen (secondary N) is 1. The molecule has 0 aromatic carbocycles. The molecule has 1 aliphatic rings. The SMILES string of the molecule is CC(C(=O)NC(C)(C)C)N1CCCC(C(F)(F)F)C1. The molecule has 1 amide bonds. The van der Waals surface area contributed by atoms with E-state index in [-0.39, 0.29) is 24.4 Å². The molecule has 2 atom stereocenters. The van der Waals surface area contributed by atoms with E-state index in [0.717, 1.165) is 0 Å². The van der Waals surface area contributed by atoms with Crippen LogP contribution < -0.4 is 5.32 Å². The van der Waals surface area contributed by atoms with Gasteiger partial charge in [0.25, 0.3) is 0 Å². The molecule has 3 nitrogen and oxygen atoms in total. The van der Waals surface area contributed by atoms with Crippen molar-refractivity contribution >= 4 is 5.91 Å². The molecule has 0 spiro atoms. The van der Waals surface area contributed by atoms with E-state index in [1.54, 1.807) is 11.8 Å². The summed E-state index contributed by atoms with van der Waals surface area (Å²) in [7, 11) is 0. The summed E-state index contributed by atoms with van der Waals surface area (Å²) in [6.45, 7) is 7.69. The van der Waals surface area contributed by atoms with Crippen molar-refractivity contribution in [3.63, 3.8) is 0 Å². The lowest BCUT2D eigenvalue weighted by Gasteiger charge is -2.37. The Bertz CT molecular complexity index is 323. The summed E-state index contributed by atoms with van der Waals surface area (Å²) < 4.78 is 38.2. The zero-order chi connectivity index (χ0) is 14.8. The monoisotopic (exact) mass is 280 g/mol. The zero-order valence-electron chi connectivity index (χ0n) is 12.0. The third-order valence-electron chi connectivity index (χ3n) is 3.34. The van der Waals surface area contributed by atoms with Crippen LogP contribution >= 0.6 is 0 Å². The Morgan fingerprint density at radius 3 is 2.37 bits per heavy atom. The predicted octanol–water partition coefficient (Wildman–Crippen LogP) is 2.56. The van der Waals surface area contributed by atoms with Gasteiger partial charge in [0.1, 0.15) is 0 Å². The summed E-state index contributed by atoms with van der Waals surface area (Å²) in [6.07, 6.45) is -3.52. The first-order valence-electron chi connectivity index (χ1n) is 6.63. The van der Waals surface area contributed by atoms with Crippen molar-refractivity contribution < 1.29 is 18.0 Å². The number of nitrogens with zero attached hydrogens (tertiary/aromatic N) is 1. The molecule has 1 heterocycles. The van der Waals surface area contributed by atoms with E-state index >= 15 is 0 Å². The second-order valence-electron chi connectivity index (χ2n) is 6.29. The van der Waals surface area contributed by atoms with Crippen LogP contribution in [-0.2, 0) is 4.79 Å². The largest absolute Gasteiger partial charge is 0.393 e. The van der Waals surface area contributed by atoms with Gasteiger partial charge < -0.3 is 5.32 Å². The molecule has 112 valence electrons. The van der Waals surface area contributed by atoms with Crippen molar-refractivity contribution in [2.24, 2.45) is 5.92 Å². The average molecular weight is 280 g/mol. The van der Waals surface area contributed by atoms with Crippen LogP contribution in [0.25, 0.3) is 0 Å². The number of rotatable bonds is 2. The van der Waals surface area contributed by atoms with Crippen LogP contribution in [0.1, 0.15) is 40.5 Å². The fourth-order valence-corrected chi connectivity index (χ4v) is 2.27. The van der Waals surface area contributed by atoms with Crippen LogP contribution in [0.5, 0.6) is 0 Å². The maximum Gasteiger partial charge on any atom is 0.393 e. The van der Waals surface area contributed by atoms with Crippen molar-refractivity contribution in [1.29, 1.82) is 0 Å². The van der Waals surface area contributed by atoms with E-state index in [0.29, 0.717) is 13.0 Å². The lowest BCUT2D eigenvalue weighted by molar-refractivity contribution is -0.189. The lowest BCUT2D eigenvalue weighted by atomic mass is 9.96. The maximum absolute atomic E-state index is 12.7. The van der Waals surface area contributed by atoms with Gasteiger partial charge in [0.05, 0.1) is 12.0 Å². The molecule has 1 rings (SSSR count). The number of amides is 1.